The average Bonchev–Trinajstić information content (AvgIpc) is 1.91. The van der Waals surface area contributed by atoms with Gasteiger partial charge in [0.2, 0.25) is 0 Å². The van der Waals surface area contributed by atoms with Crippen molar-refractivity contribution >= 4 is 0 Å². The second-order valence-electron chi connectivity index (χ2n) is 2.46. The summed E-state index contributed by atoms with van der Waals surface area (Å²) < 4.78 is 0. The molecular weight excluding hydrogens is 199 g/mol. The largest absolute Gasteiger partial charge is 0.518 e. The van der Waals surface area contributed by atoms with Crippen molar-refractivity contribution in [2.45, 2.75) is 12.8 Å². The van der Waals surface area contributed by atoms with Crippen molar-refractivity contribution in [3.8, 4) is 0 Å². The van der Waals surface area contributed by atoms with E-state index in [2.05, 4.69) is 11.7 Å². The van der Waals surface area contributed by atoms with Crippen LogP contribution in [0.3, 0.4) is 0 Å². The van der Waals surface area contributed by atoms with Crippen LogP contribution in [0.4, 0.5) is 0 Å². The molecule has 1 rings (SSSR count). The number of allylic oxidation sites excluding steroid dienone is 1. The molecule has 0 amide bonds. The van der Waals surface area contributed by atoms with Gasteiger partial charge < -0.3 is 18.3 Å². The zero-order valence-corrected chi connectivity index (χ0v) is 9.05. The maximum Gasteiger partial charge on any atom is 0 e. The minimum Gasteiger partial charge on any atom is -0.518 e. The van der Waals surface area contributed by atoms with Crippen molar-refractivity contribution in [2.75, 3.05) is 13.1 Å². The molecular formula is C8H13NY-2. The van der Waals surface area contributed by atoms with Crippen LogP contribution in [0, 0.1) is 18.9 Å². The van der Waals surface area contributed by atoms with Gasteiger partial charge in [0.05, 0.1) is 0 Å². The Morgan fingerprint density at radius 2 is 2.50 bits per heavy atom. The van der Waals surface area contributed by atoms with E-state index in [4.69, 9.17) is 6.58 Å². The molecule has 1 N–H and O–H groups in total. The van der Waals surface area contributed by atoms with E-state index in [0.717, 1.165) is 19.5 Å². The smallest absolute Gasteiger partial charge is 0 e. The summed E-state index contributed by atoms with van der Waals surface area (Å²) in [5, 5.41) is 3.31. The Kier molecular flexibility index (Phi) is 7.03. The molecule has 10 heavy (non-hydrogen) atoms. The van der Waals surface area contributed by atoms with Crippen molar-refractivity contribution in [3.05, 3.63) is 19.1 Å². The first-order chi connectivity index (χ1) is 4.43. The second kappa shape index (κ2) is 6.51. The van der Waals surface area contributed by atoms with Crippen molar-refractivity contribution in [1.29, 1.82) is 0 Å². The third-order valence-electron chi connectivity index (χ3n) is 1.67. The van der Waals surface area contributed by atoms with Gasteiger partial charge in [0, 0.05) is 32.7 Å². The molecule has 0 aromatic heterocycles. The fraction of sp³-hybridized carbons (Fsp3) is 0.625. The molecule has 1 fully saturated rings. The van der Waals surface area contributed by atoms with E-state index in [0.29, 0.717) is 5.92 Å². The summed E-state index contributed by atoms with van der Waals surface area (Å²) in [5.41, 5.74) is 0. The predicted molar refractivity (Wildman–Crippen MR) is 38.8 cm³/mol. The molecule has 1 radical (unpaired) electrons. The molecule has 2 heteroatoms. The van der Waals surface area contributed by atoms with Gasteiger partial charge in [-0.15, -0.1) is 0 Å². The summed E-state index contributed by atoms with van der Waals surface area (Å²) in [6, 6.07) is 0. The van der Waals surface area contributed by atoms with Gasteiger partial charge in [0.25, 0.3) is 0 Å². The van der Waals surface area contributed by atoms with Crippen LogP contribution in [0.2, 0.25) is 0 Å². The normalized spacial score (nSPS) is 25.0. The topological polar surface area (TPSA) is 12.0 Å². The molecule has 55 valence electrons. The van der Waals surface area contributed by atoms with Crippen LogP contribution in [0.25, 0.3) is 0 Å². The van der Waals surface area contributed by atoms with Gasteiger partial charge in [-0.1, -0.05) is 6.42 Å². The summed E-state index contributed by atoms with van der Waals surface area (Å²) >= 11 is 0. The first kappa shape index (κ1) is 10.8. The number of hydrogen-bond donors (Lipinski definition) is 1. The van der Waals surface area contributed by atoms with E-state index in [1.807, 2.05) is 0 Å². The minimum absolute atomic E-state index is 0. The first-order valence-corrected chi connectivity index (χ1v) is 3.51. The third-order valence-corrected chi connectivity index (χ3v) is 1.67. The molecule has 1 saturated heterocycles. The Morgan fingerprint density at radius 1 is 1.70 bits per heavy atom. The zero-order valence-electron chi connectivity index (χ0n) is 6.22. The van der Waals surface area contributed by atoms with Crippen molar-refractivity contribution in [2.24, 2.45) is 5.92 Å². The summed E-state index contributed by atoms with van der Waals surface area (Å²) in [5.74, 6) is 0.684. The van der Waals surface area contributed by atoms with Crippen molar-refractivity contribution in [1.82, 2.24) is 5.32 Å². The molecule has 1 nitrogen and oxygen atoms in total. The van der Waals surface area contributed by atoms with Crippen LogP contribution in [0.1, 0.15) is 12.8 Å². The Hall–Kier alpha value is 0.804. The van der Waals surface area contributed by atoms with Gasteiger partial charge in [0.1, 0.15) is 0 Å². The summed E-state index contributed by atoms with van der Waals surface area (Å²) in [6.45, 7) is 7.53. The molecule has 1 unspecified atom stereocenters. The van der Waals surface area contributed by atoms with E-state index < -0.39 is 0 Å². The quantitative estimate of drug-likeness (QED) is 0.677. The van der Waals surface area contributed by atoms with Gasteiger partial charge in [-0.2, -0.15) is 12.3 Å². The second-order valence-corrected chi connectivity index (χ2v) is 2.46. The van der Waals surface area contributed by atoms with Crippen molar-refractivity contribution in [3.63, 3.8) is 0 Å². The van der Waals surface area contributed by atoms with E-state index in [-0.39, 0.29) is 32.7 Å². The standard InChI is InChI=1S/C8H13N.Y/c1-2-4-8-5-3-6-9-7-8;/h1-2,5,8-9H,3-4,6-7H2;/q-2;. The fourth-order valence-electron chi connectivity index (χ4n) is 1.15. The number of piperidine rings is 1. The van der Waals surface area contributed by atoms with Crippen LogP contribution >= 0.6 is 0 Å². The average molecular weight is 212 g/mol. The summed E-state index contributed by atoms with van der Waals surface area (Å²) in [4.78, 5) is 0. The van der Waals surface area contributed by atoms with Crippen LogP contribution in [-0.2, 0) is 32.7 Å². The van der Waals surface area contributed by atoms with Gasteiger partial charge >= 0.3 is 0 Å². The van der Waals surface area contributed by atoms with Gasteiger partial charge in [0.15, 0.2) is 0 Å². The minimum atomic E-state index is 0. The van der Waals surface area contributed by atoms with Gasteiger partial charge in [-0.3, -0.25) is 6.08 Å². The number of hydrogen-bond acceptors (Lipinski definition) is 1. The van der Waals surface area contributed by atoms with Crippen LogP contribution in [0.5, 0.6) is 0 Å². The van der Waals surface area contributed by atoms with E-state index in [9.17, 15) is 0 Å². The molecule has 0 spiro atoms. The molecule has 1 aliphatic rings. The Labute approximate surface area is 88.5 Å². The van der Waals surface area contributed by atoms with E-state index in [1.54, 1.807) is 6.08 Å². The molecule has 0 aromatic rings. The number of rotatable bonds is 2. The van der Waals surface area contributed by atoms with Crippen molar-refractivity contribution < 1.29 is 32.7 Å². The molecule has 1 atom stereocenters. The maximum atomic E-state index is 5.29. The van der Waals surface area contributed by atoms with E-state index >= 15 is 0 Å². The van der Waals surface area contributed by atoms with Crippen LogP contribution in [-0.4, -0.2) is 13.1 Å². The molecule has 0 aromatic carbocycles. The first-order valence-electron chi connectivity index (χ1n) is 3.51. The van der Waals surface area contributed by atoms with Gasteiger partial charge in [-0.05, 0) is 13.1 Å². The maximum absolute atomic E-state index is 5.29. The molecule has 0 aliphatic carbocycles. The zero-order chi connectivity index (χ0) is 6.53. The monoisotopic (exact) mass is 212 g/mol. The van der Waals surface area contributed by atoms with Crippen LogP contribution in [0.15, 0.2) is 6.08 Å². The number of nitrogens with one attached hydrogen (secondary N) is 1. The van der Waals surface area contributed by atoms with E-state index in [1.165, 1.54) is 6.42 Å². The summed E-state index contributed by atoms with van der Waals surface area (Å²) in [6.07, 6.45) is 6.31. The third kappa shape index (κ3) is 3.85. The van der Waals surface area contributed by atoms with Crippen LogP contribution < -0.4 is 5.32 Å². The Morgan fingerprint density at radius 3 is 3.00 bits per heavy atom. The Bertz CT molecular complexity index is 87.3. The Balaban J connectivity index is 0.000000810. The molecule has 0 bridgehead atoms. The molecule has 0 saturated carbocycles. The predicted octanol–water partition coefficient (Wildman–Crippen LogP) is 1.18. The summed E-state index contributed by atoms with van der Waals surface area (Å²) in [7, 11) is 0. The fourth-order valence-corrected chi connectivity index (χ4v) is 1.15. The van der Waals surface area contributed by atoms with Gasteiger partial charge in [-0.25, -0.2) is 0 Å². The molecule has 1 heterocycles. The molecule has 1 aliphatic heterocycles. The SMILES string of the molecule is [CH-]=CCC1[CH-]CCNC1.[Y].